The van der Waals surface area contributed by atoms with Gasteiger partial charge in [-0.2, -0.15) is 0 Å². The van der Waals surface area contributed by atoms with Gasteiger partial charge in [-0.1, -0.05) is 11.6 Å². The lowest BCUT2D eigenvalue weighted by atomic mass is 10.1. The van der Waals surface area contributed by atoms with Crippen LogP contribution >= 0.6 is 22.9 Å². The average Bonchev–Trinajstić information content (AvgIpc) is 2.69. The van der Waals surface area contributed by atoms with E-state index in [0.29, 0.717) is 10.7 Å². The molecule has 0 fully saturated rings. The van der Waals surface area contributed by atoms with E-state index in [-0.39, 0.29) is 11.9 Å². The summed E-state index contributed by atoms with van der Waals surface area (Å²) in [6, 6.07) is 4.47. The summed E-state index contributed by atoms with van der Waals surface area (Å²) in [4.78, 5) is 4.93. The van der Waals surface area contributed by atoms with Crippen molar-refractivity contribution in [2.24, 2.45) is 0 Å². The molecule has 0 aliphatic carbocycles. The molecule has 0 amide bonds. The molecule has 2 aromatic heterocycles. The van der Waals surface area contributed by atoms with Gasteiger partial charge in [0.05, 0.1) is 16.8 Å². The van der Waals surface area contributed by atoms with Crippen molar-refractivity contribution in [3.8, 4) is 0 Å². The molecule has 0 aliphatic heterocycles. The summed E-state index contributed by atoms with van der Waals surface area (Å²) >= 11 is 7.52. The quantitative estimate of drug-likeness (QED) is 0.912. The van der Waals surface area contributed by atoms with E-state index < -0.39 is 0 Å². The molecule has 2 nitrogen and oxygen atoms in total. The molecule has 0 bridgehead atoms. The Balaban J connectivity index is 2.45. The molecule has 2 rings (SSSR count). The van der Waals surface area contributed by atoms with Crippen LogP contribution in [0.4, 0.5) is 4.39 Å². The standard InChI is InChI=1S/C11H10ClFN2S/c1-14-10(11-7(12)4-6-16-11)9-8(13)3-2-5-15-9/h2-6,10,14H,1H3. The number of halogens is 2. The zero-order valence-corrected chi connectivity index (χ0v) is 10.1. The Hall–Kier alpha value is -0.970. The van der Waals surface area contributed by atoms with Crippen molar-refractivity contribution < 1.29 is 4.39 Å². The molecule has 0 radical (unpaired) electrons. The van der Waals surface area contributed by atoms with Crippen LogP contribution in [0.2, 0.25) is 5.02 Å². The summed E-state index contributed by atoms with van der Waals surface area (Å²) in [5, 5.41) is 5.54. The molecule has 16 heavy (non-hydrogen) atoms. The summed E-state index contributed by atoms with van der Waals surface area (Å²) in [6.07, 6.45) is 1.57. The lowest BCUT2D eigenvalue weighted by molar-refractivity contribution is 0.563. The smallest absolute Gasteiger partial charge is 0.146 e. The molecule has 0 aromatic carbocycles. The average molecular weight is 257 g/mol. The first kappa shape index (κ1) is 11.5. The molecule has 0 spiro atoms. The van der Waals surface area contributed by atoms with E-state index in [1.165, 1.54) is 17.4 Å². The predicted octanol–water partition coefficient (Wildman–Crippen LogP) is 3.24. The van der Waals surface area contributed by atoms with Crippen LogP contribution in [0.3, 0.4) is 0 Å². The van der Waals surface area contributed by atoms with E-state index in [9.17, 15) is 4.39 Å². The van der Waals surface area contributed by atoms with E-state index in [2.05, 4.69) is 10.3 Å². The summed E-state index contributed by atoms with van der Waals surface area (Å²) in [6.45, 7) is 0. The summed E-state index contributed by atoms with van der Waals surface area (Å²) in [5.74, 6) is -0.327. The predicted molar refractivity (Wildman–Crippen MR) is 64.4 cm³/mol. The number of nitrogens with zero attached hydrogens (tertiary/aromatic N) is 1. The van der Waals surface area contributed by atoms with Crippen molar-refractivity contribution in [1.82, 2.24) is 10.3 Å². The molecule has 1 unspecified atom stereocenters. The number of pyridine rings is 1. The highest BCUT2D eigenvalue weighted by molar-refractivity contribution is 7.10. The fourth-order valence-corrected chi connectivity index (χ4v) is 2.79. The van der Waals surface area contributed by atoms with Crippen molar-refractivity contribution in [2.75, 3.05) is 7.05 Å². The number of thiophene rings is 1. The van der Waals surface area contributed by atoms with Crippen LogP contribution in [-0.2, 0) is 0 Å². The number of aromatic nitrogens is 1. The third-order valence-corrected chi connectivity index (χ3v) is 3.68. The summed E-state index contributed by atoms with van der Waals surface area (Å²) in [5.41, 5.74) is 0.370. The summed E-state index contributed by atoms with van der Waals surface area (Å²) < 4.78 is 13.6. The van der Waals surface area contributed by atoms with Crippen molar-refractivity contribution >= 4 is 22.9 Å². The number of nitrogens with one attached hydrogen (secondary N) is 1. The largest absolute Gasteiger partial charge is 0.307 e. The SMILES string of the molecule is CNC(c1ncccc1F)c1sccc1Cl. The Kier molecular flexibility index (Phi) is 3.53. The molecule has 0 saturated carbocycles. The second-order valence-electron chi connectivity index (χ2n) is 3.22. The minimum Gasteiger partial charge on any atom is -0.307 e. The third kappa shape index (κ3) is 2.09. The molecule has 84 valence electrons. The van der Waals surface area contributed by atoms with Crippen LogP contribution in [0, 0.1) is 5.82 Å². The fraction of sp³-hybridized carbons (Fsp3) is 0.182. The van der Waals surface area contributed by atoms with Crippen LogP contribution in [0.5, 0.6) is 0 Å². The minimum absolute atomic E-state index is 0.298. The lowest BCUT2D eigenvalue weighted by Crippen LogP contribution is -2.19. The Morgan fingerprint density at radius 2 is 2.31 bits per heavy atom. The maximum absolute atomic E-state index is 13.6. The van der Waals surface area contributed by atoms with Crippen LogP contribution in [0.15, 0.2) is 29.8 Å². The highest BCUT2D eigenvalue weighted by Crippen LogP contribution is 2.32. The first-order chi connectivity index (χ1) is 7.74. The highest BCUT2D eigenvalue weighted by atomic mass is 35.5. The van der Waals surface area contributed by atoms with Gasteiger partial charge < -0.3 is 5.32 Å². The van der Waals surface area contributed by atoms with Crippen LogP contribution in [0.25, 0.3) is 0 Å². The fourth-order valence-electron chi connectivity index (χ4n) is 1.51. The van der Waals surface area contributed by atoms with Gasteiger partial charge in [-0.3, -0.25) is 4.98 Å². The Morgan fingerprint density at radius 3 is 2.88 bits per heavy atom. The second-order valence-corrected chi connectivity index (χ2v) is 4.58. The topological polar surface area (TPSA) is 24.9 Å². The normalized spacial score (nSPS) is 12.7. The number of hydrogen-bond donors (Lipinski definition) is 1. The van der Waals surface area contributed by atoms with E-state index in [1.807, 2.05) is 5.38 Å². The van der Waals surface area contributed by atoms with Gasteiger partial charge in [0, 0.05) is 11.1 Å². The minimum atomic E-state index is -0.327. The van der Waals surface area contributed by atoms with Crippen LogP contribution < -0.4 is 5.32 Å². The molecule has 2 heterocycles. The highest BCUT2D eigenvalue weighted by Gasteiger charge is 2.20. The van der Waals surface area contributed by atoms with Gasteiger partial charge >= 0.3 is 0 Å². The molecule has 0 saturated heterocycles. The first-order valence-corrected chi connectivity index (χ1v) is 6.00. The monoisotopic (exact) mass is 256 g/mol. The van der Waals surface area contributed by atoms with Gasteiger partial charge in [0.2, 0.25) is 0 Å². The zero-order chi connectivity index (χ0) is 11.5. The van der Waals surface area contributed by atoms with Gasteiger partial charge in [-0.05, 0) is 30.6 Å². The van der Waals surface area contributed by atoms with Crippen molar-refractivity contribution in [3.63, 3.8) is 0 Å². The molecule has 1 N–H and O–H groups in total. The van der Waals surface area contributed by atoms with Crippen molar-refractivity contribution in [1.29, 1.82) is 0 Å². The van der Waals surface area contributed by atoms with E-state index in [4.69, 9.17) is 11.6 Å². The molecular weight excluding hydrogens is 247 g/mol. The van der Waals surface area contributed by atoms with Crippen molar-refractivity contribution in [3.05, 3.63) is 51.2 Å². The Bertz CT molecular complexity index is 486. The van der Waals surface area contributed by atoms with Gasteiger partial charge in [-0.15, -0.1) is 11.3 Å². The van der Waals surface area contributed by atoms with Gasteiger partial charge in [-0.25, -0.2) is 4.39 Å². The molecular formula is C11H10ClFN2S. The van der Waals surface area contributed by atoms with Gasteiger partial charge in [0.15, 0.2) is 0 Å². The van der Waals surface area contributed by atoms with E-state index >= 15 is 0 Å². The maximum Gasteiger partial charge on any atom is 0.146 e. The number of hydrogen-bond acceptors (Lipinski definition) is 3. The maximum atomic E-state index is 13.6. The second kappa shape index (κ2) is 4.91. The third-order valence-electron chi connectivity index (χ3n) is 2.26. The Morgan fingerprint density at radius 1 is 1.50 bits per heavy atom. The van der Waals surface area contributed by atoms with Gasteiger partial charge in [0.1, 0.15) is 5.82 Å². The van der Waals surface area contributed by atoms with Crippen LogP contribution in [0.1, 0.15) is 16.6 Å². The van der Waals surface area contributed by atoms with E-state index in [0.717, 1.165) is 4.88 Å². The van der Waals surface area contributed by atoms with Crippen molar-refractivity contribution in [2.45, 2.75) is 6.04 Å². The first-order valence-electron chi connectivity index (χ1n) is 4.74. The van der Waals surface area contributed by atoms with E-state index in [1.54, 1.807) is 25.4 Å². The molecule has 0 aliphatic rings. The Labute approximate surface area is 102 Å². The zero-order valence-electron chi connectivity index (χ0n) is 8.58. The lowest BCUT2D eigenvalue weighted by Gasteiger charge is -2.15. The molecule has 5 heteroatoms. The molecule has 1 atom stereocenters. The number of rotatable bonds is 3. The summed E-state index contributed by atoms with van der Waals surface area (Å²) in [7, 11) is 1.76. The van der Waals surface area contributed by atoms with Crippen LogP contribution in [-0.4, -0.2) is 12.0 Å². The van der Waals surface area contributed by atoms with Gasteiger partial charge in [0.25, 0.3) is 0 Å². The molecule has 2 aromatic rings.